The highest BCUT2D eigenvalue weighted by atomic mass is 16.6. The van der Waals surface area contributed by atoms with Crippen molar-refractivity contribution in [1.29, 1.82) is 0 Å². The van der Waals surface area contributed by atoms with Crippen LogP contribution < -0.4 is 0 Å². The van der Waals surface area contributed by atoms with E-state index >= 15 is 0 Å². The summed E-state index contributed by atoms with van der Waals surface area (Å²) < 4.78 is 5.41. The van der Waals surface area contributed by atoms with Gasteiger partial charge in [0.15, 0.2) is 0 Å². The van der Waals surface area contributed by atoms with E-state index in [4.69, 9.17) is 4.74 Å². The summed E-state index contributed by atoms with van der Waals surface area (Å²) in [7, 11) is 6.20. The van der Waals surface area contributed by atoms with Crippen molar-refractivity contribution < 1.29 is 9.53 Å². The minimum Gasteiger partial charge on any atom is -0.444 e. The molecule has 1 saturated heterocycles. The molecule has 5 nitrogen and oxygen atoms in total. The maximum atomic E-state index is 12.0. The molecule has 1 aromatic carbocycles. The average molecular weight is 376 g/mol. The first-order valence-electron chi connectivity index (χ1n) is 10.0. The molecular weight excluding hydrogens is 338 g/mol. The minimum absolute atomic E-state index is 0.130. The first kappa shape index (κ1) is 21.7. The predicted octanol–water partition coefficient (Wildman–Crippen LogP) is 3.80. The van der Waals surface area contributed by atoms with Crippen LogP contribution in [0.25, 0.3) is 0 Å². The third-order valence-corrected chi connectivity index (χ3v) is 5.52. The van der Waals surface area contributed by atoms with Crippen LogP contribution in [0.3, 0.4) is 0 Å². The van der Waals surface area contributed by atoms with Gasteiger partial charge in [0, 0.05) is 32.2 Å². The number of amides is 1. The maximum absolute atomic E-state index is 12.0. The van der Waals surface area contributed by atoms with Crippen molar-refractivity contribution >= 4 is 6.09 Å². The normalized spacial score (nSPS) is 17.7. The van der Waals surface area contributed by atoms with E-state index in [1.54, 1.807) is 4.90 Å². The summed E-state index contributed by atoms with van der Waals surface area (Å²) in [4.78, 5) is 18.6. The van der Waals surface area contributed by atoms with Crippen molar-refractivity contribution in [1.82, 2.24) is 14.7 Å². The first-order chi connectivity index (χ1) is 12.6. The second-order valence-electron chi connectivity index (χ2n) is 8.89. The zero-order valence-electron chi connectivity index (χ0n) is 18.0. The monoisotopic (exact) mass is 375 g/mol. The first-order valence-corrected chi connectivity index (χ1v) is 10.0. The molecule has 1 fully saturated rings. The molecule has 0 N–H and O–H groups in total. The summed E-state index contributed by atoms with van der Waals surface area (Å²) in [6.07, 6.45) is 2.99. The zero-order chi connectivity index (χ0) is 20.1. The summed E-state index contributed by atoms with van der Waals surface area (Å²) in [5.41, 5.74) is 1.11. The molecule has 0 unspecified atom stereocenters. The molecule has 5 heteroatoms. The molecule has 1 aliphatic heterocycles. The van der Waals surface area contributed by atoms with Gasteiger partial charge in [-0.25, -0.2) is 4.79 Å². The van der Waals surface area contributed by atoms with Gasteiger partial charge in [0.05, 0.1) is 0 Å². The van der Waals surface area contributed by atoms with Crippen LogP contribution in [0.15, 0.2) is 30.3 Å². The Morgan fingerprint density at radius 2 is 1.70 bits per heavy atom. The number of nitrogens with zero attached hydrogens (tertiary/aromatic N) is 3. The highest BCUT2D eigenvalue weighted by Gasteiger charge is 2.37. The molecule has 0 spiro atoms. The lowest BCUT2D eigenvalue weighted by atomic mass is 9.80. The van der Waals surface area contributed by atoms with Crippen molar-refractivity contribution in [2.24, 2.45) is 0 Å². The van der Waals surface area contributed by atoms with Gasteiger partial charge in [-0.3, -0.25) is 4.90 Å². The maximum Gasteiger partial charge on any atom is 0.410 e. The van der Waals surface area contributed by atoms with Crippen LogP contribution in [-0.4, -0.2) is 73.7 Å². The lowest BCUT2D eigenvalue weighted by Crippen LogP contribution is -2.50. The minimum atomic E-state index is -0.439. The topological polar surface area (TPSA) is 36.0 Å². The van der Waals surface area contributed by atoms with E-state index in [0.29, 0.717) is 0 Å². The summed E-state index contributed by atoms with van der Waals surface area (Å²) >= 11 is 0. The van der Waals surface area contributed by atoms with Crippen LogP contribution in [0.4, 0.5) is 4.79 Å². The van der Waals surface area contributed by atoms with E-state index in [1.807, 2.05) is 27.8 Å². The van der Waals surface area contributed by atoms with Crippen molar-refractivity contribution in [2.45, 2.75) is 51.2 Å². The molecule has 1 heterocycles. The quantitative estimate of drug-likeness (QED) is 0.758. The molecule has 0 aromatic heterocycles. The van der Waals surface area contributed by atoms with Crippen LogP contribution in [0.2, 0.25) is 0 Å². The van der Waals surface area contributed by atoms with Crippen LogP contribution in [0.5, 0.6) is 0 Å². The largest absolute Gasteiger partial charge is 0.444 e. The third-order valence-electron chi connectivity index (χ3n) is 5.52. The van der Waals surface area contributed by atoms with Gasteiger partial charge in [-0.2, -0.15) is 0 Å². The smallest absolute Gasteiger partial charge is 0.410 e. The molecule has 2 rings (SSSR count). The fraction of sp³-hybridized carbons (Fsp3) is 0.682. The zero-order valence-corrected chi connectivity index (χ0v) is 18.0. The molecule has 0 saturated carbocycles. The van der Waals surface area contributed by atoms with Gasteiger partial charge in [-0.05, 0) is 66.2 Å². The Morgan fingerprint density at radius 3 is 2.22 bits per heavy atom. The average Bonchev–Trinajstić information content (AvgIpc) is 2.61. The lowest BCUT2D eigenvalue weighted by molar-refractivity contribution is 0.0278. The van der Waals surface area contributed by atoms with E-state index < -0.39 is 5.60 Å². The Kier molecular flexibility index (Phi) is 7.29. The molecule has 0 bridgehead atoms. The van der Waals surface area contributed by atoms with E-state index in [2.05, 4.69) is 54.2 Å². The SMILES string of the molecule is CN(CCCN1CCC(c2ccccc2)(N(C)C)CC1)C(=O)OC(C)(C)C. The van der Waals surface area contributed by atoms with Gasteiger partial charge in [0.1, 0.15) is 5.60 Å². The molecule has 1 aromatic rings. The van der Waals surface area contributed by atoms with Crippen LogP contribution in [-0.2, 0) is 10.3 Å². The molecule has 0 aliphatic carbocycles. The molecular formula is C22H37N3O2. The van der Waals surface area contributed by atoms with Gasteiger partial charge in [0.25, 0.3) is 0 Å². The van der Waals surface area contributed by atoms with Crippen LogP contribution >= 0.6 is 0 Å². The molecule has 152 valence electrons. The number of ether oxygens (including phenoxy) is 1. The van der Waals surface area contributed by atoms with E-state index in [-0.39, 0.29) is 11.6 Å². The number of likely N-dealkylation sites (tertiary alicyclic amines) is 1. The second-order valence-corrected chi connectivity index (χ2v) is 8.89. The number of piperidine rings is 1. The summed E-state index contributed by atoms with van der Waals surface area (Å²) in [6, 6.07) is 10.9. The van der Waals surface area contributed by atoms with E-state index in [9.17, 15) is 4.79 Å². The molecule has 1 aliphatic rings. The number of benzene rings is 1. The Labute approximate surface area is 165 Å². The Bertz CT molecular complexity index is 587. The molecule has 0 atom stereocenters. The van der Waals surface area contributed by atoms with E-state index in [0.717, 1.165) is 45.4 Å². The van der Waals surface area contributed by atoms with Crippen LogP contribution in [0.1, 0.15) is 45.6 Å². The molecule has 0 radical (unpaired) electrons. The predicted molar refractivity (Wildman–Crippen MR) is 111 cm³/mol. The fourth-order valence-corrected chi connectivity index (χ4v) is 3.85. The Balaban J connectivity index is 1.81. The summed E-state index contributed by atoms with van der Waals surface area (Å²) in [6.45, 7) is 9.61. The van der Waals surface area contributed by atoms with E-state index in [1.165, 1.54) is 5.56 Å². The second kappa shape index (κ2) is 9.07. The summed E-state index contributed by atoms with van der Waals surface area (Å²) in [5, 5.41) is 0. The van der Waals surface area contributed by atoms with Gasteiger partial charge < -0.3 is 14.5 Å². The lowest BCUT2D eigenvalue weighted by Gasteiger charge is -2.46. The van der Waals surface area contributed by atoms with Crippen molar-refractivity contribution in [3.8, 4) is 0 Å². The highest BCUT2D eigenvalue weighted by Crippen LogP contribution is 2.37. The highest BCUT2D eigenvalue weighted by molar-refractivity contribution is 5.67. The van der Waals surface area contributed by atoms with Crippen molar-refractivity contribution in [3.63, 3.8) is 0 Å². The number of rotatable bonds is 6. The number of hydrogen-bond acceptors (Lipinski definition) is 4. The standard InChI is InChI=1S/C22H37N3O2/c1-21(2,3)27-20(26)24(6)15-10-16-25-17-13-22(14-18-25,23(4)5)19-11-8-7-9-12-19/h7-9,11-12H,10,13-18H2,1-6H3. The van der Waals surface area contributed by atoms with Gasteiger partial charge >= 0.3 is 6.09 Å². The molecule has 1 amide bonds. The number of hydrogen-bond donors (Lipinski definition) is 0. The number of carbonyl (C=O) groups is 1. The van der Waals surface area contributed by atoms with Gasteiger partial charge in [0.2, 0.25) is 0 Å². The van der Waals surface area contributed by atoms with Crippen molar-refractivity contribution in [3.05, 3.63) is 35.9 Å². The van der Waals surface area contributed by atoms with Crippen LogP contribution in [0, 0.1) is 0 Å². The Hall–Kier alpha value is -1.59. The fourth-order valence-electron chi connectivity index (χ4n) is 3.85. The molecule has 27 heavy (non-hydrogen) atoms. The number of carbonyl (C=O) groups excluding carboxylic acids is 1. The van der Waals surface area contributed by atoms with Gasteiger partial charge in [-0.15, -0.1) is 0 Å². The van der Waals surface area contributed by atoms with Gasteiger partial charge in [-0.1, -0.05) is 30.3 Å². The Morgan fingerprint density at radius 1 is 1.11 bits per heavy atom. The third kappa shape index (κ3) is 5.94. The summed E-state index contributed by atoms with van der Waals surface area (Å²) in [5.74, 6) is 0. The van der Waals surface area contributed by atoms with Crippen molar-refractivity contribution in [2.75, 3.05) is 47.3 Å².